The smallest absolute Gasteiger partial charge is 0.191 e. The first-order chi connectivity index (χ1) is 11.7. The zero-order chi connectivity index (χ0) is 17.2. The van der Waals surface area contributed by atoms with Gasteiger partial charge in [0.05, 0.1) is 5.69 Å². The first kappa shape index (κ1) is 18.8. The second-order valence-electron chi connectivity index (χ2n) is 6.49. The molecule has 2 N–H and O–H groups in total. The molecule has 0 radical (unpaired) electrons. The maximum Gasteiger partial charge on any atom is 0.191 e. The van der Waals surface area contributed by atoms with Crippen LogP contribution in [0.3, 0.4) is 0 Å². The lowest BCUT2D eigenvalue weighted by molar-refractivity contribution is 0.159. The van der Waals surface area contributed by atoms with Gasteiger partial charge in [-0.25, -0.2) is 4.99 Å². The number of hydrogen-bond acceptors (Lipinski definition) is 4. The van der Waals surface area contributed by atoms with Crippen LogP contribution in [0.5, 0.6) is 0 Å². The number of likely N-dealkylation sites (tertiary alicyclic amines) is 1. The number of aliphatic imine (C=N–C) groups is 1. The van der Waals surface area contributed by atoms with Crippen molar-refractivity contribution >= 4 is 5.96 Å². The molecule has 2 rings (SSSR count). The molecule has 0 amide bonds. The minimum absolute atomic E-state index is 0.519. The molecule has 0 aromatic carbocycles. The lowest BCUT2D eigenvalue weighted by Crippen LogP contribution is -2.41. The van der Waals surface area contributed by atoms with E-state index in [1.54, 1.807) is 0 Å². The van der Waals surface area contributed by atoms with Gasteiger partial charge in [-0.05, 0) is 46.1 Å². The highest BCUT2D eigenvalue weighted by Crippen LogP contribution is 2.16. The van der Waals surface area contributed by atoms with Crippen molar-refractivity contribution in [2.24, 2.45) is 4.99 Å². The molecule has 0 bridgehead atoms. The van der Waals surface area contributed by atoms with Gasteiger partial charge in [0, 0.05) is 31.7 Å². The topological polar surface area (TPSA) is 65.7 Å². The van der Waals surface area contributed by atoms with E-state index < -0.39 is 0 Å². The lowest BCUT2D eigenvalue weighted by atomic mass is 10.0. The molecular weight excluding hydrogens is 302 g/mol. The van der Waals surface area contributed by atoms with Crippen molar-refractivity contribution in [2.75, 3.05) is 26.2 Å². The Bertz CT molecular complexity index is 499. The maximum atomic E-state index is 5.28. The molecule has 1 aromatic rings. The molecule has 1 atom stereocenters. The second-order valence-corrected chi connectivity index (χ2v) is 6.49. The summed E-state index contributed by atoms with van der Waals surface area (Å²) in [6.07, 6.45) is 6.10. The quantitative estimate of drug-likeness (QED) is 0.434. The zero-order valence-corrected chi connectivity index (χ0v) is 15.5. The summed E-state index contributed by atoms with van der Waals surface area (Å²) < 4.78 is 5.28. The Kier molecular flexibility index (Phi) is 8.08. The third kappa shape index (κ3) is 6.15. The van der Waals surface area contributed by atoms with Crippen LogP contribution in [-0.4, -0.2) is 48.2 Å². The summed E-state index contributed by atoms with van der Waals surface area (Å²) in [6.45, 7) is 11.2. The van der Waals surface area contributed by atoms with Crippen molar-refractivity contribution < 1.29 is 4.52 Å². The SMILES string of the molecule is CCNC(=NCc1cc(CC)no1)NCCCN1CCCCC1C. The molecule has 0 spiro atoms. The number of nitrogens with one attached hydrogen (secondary N) is 2. The number of hydrogen-bond donors (Lipinski definition) is 2. The van der Waals surface area contributed by atoms with E-state index in [4.69, 9.17) is 4.52 Å². The van der Waals surface area contributed by atoms with E-state index in [0.29, 0.717) is 6.54 Å². The van der Waals surface area contributed by atoms with Crippen LogP contribution in [0.15, 0.2) is 15.6 Å². The molecule has 2 heterocycles. The van der Waals surface area contributed by atoms with E-state index in [1.165, 1.54) is 25.8 Å². The molecule has 1 saturated heterocycles. The highest BCUT2D eigenvalue weighted by Gasteiger charge is 2.17. The van der Waals surface area contributed by atoms with Gasteiger partial charge in [0.25, 0.3) is 0 Å². The van der Waals surface area contributed by atoms with E-state index >= 15 is 0 Å². The molecule has 1 aromatic heterocycles. The standard InChI is InChI=1S/C18H33N5O/c1-4-16-13-17(24-22-16)14-21-18(19-5-2)20-10-8-12-23-11-7-6-9-15(23)3/h13,15H,4-12,14H2,1-3H3,(H2,19,20,21). The number of aryl methyl sites for hydroxylation is 1. The molecule has 24 heavy (non-hydrogen) atoms. The van der Waals surface area contributed by atoms with Crippen LogP contribution >= 0.6 is 0 Å². The largest absolute Gasteiger partial charge is 0.359 e. The first-order valence-electron chi connectivity index (χ1n) is 9.43. The third-order valence-corrected chi connectivity index (χ3v) is 4.56. The number of piperidine rings is 1. The summed E-state index contributed by atoms with van der Waals surface area (Å²) in [5, 5.41) is 10.7. The van der Waals surface area contributed by atoms with Gasteiger partial charge in [0.1, 0.15) is 6.54 Å². The van der Waals surface area contributed by atoms with E-state index in [0.717, 1.165) is 55.9 Å². The third-order valence-electron chi connectivity index (χ3n) is 4.56. The Hall–Kier alpha value is -1.56. The van der Waals surface area contributed by atoms with E-state index in [1.807, 2.05) is 6.07 Å². The molecule has 1 aliphatic heterocycles. The van der Waals surface area contributed by atoms with Crippen molar-refractivity contribution in [3.8, 4) is 0 Å². The molecule has 0 saturated carbocycles. The molecule has 0 aliphatic carbocycles. The fraction of sp³-hybridized carbons (Fsp3) is 0.778. The van der Waals surface area contributed by atoms with Gasteiger partial charge in [-0.1, -0.05) is 18.5 Å². The van der Waals surface area contributed by atoms with Crippen molar-refractivity contribution in [2.45, 2.75) is 65.5 Å². The number of nitrogens with zero attached hydrogens (tertiary/aromatic N) is 3. The fourth-order valence-corrected chi connectivity index (χ4v) is 3.07. The van der Waals surface area contributed by atoms with Crippen LogP contribution in [0.4, 0.5) is 0 Å². The van der Waals surface area contributed by atoms with Crippen LogP contribution in [0, 0.1) is 0 Å². The van der Waals surface area contributed by atoms with E-state index in [9.17, 15) is 0 Å². The van der Waals surface area contributed by atoms with Crippen molar-refractivity contribution in [3.05, 3.63) is 17.5 Å². The first-order valence-corrected chi connectivity index (χ1v) is 9.43. The summed E-state index contributed by atoms with van der Waals surface area (Å²) in [5.41, 5.74) is 0.980. The van der Waals surface area contributed by atoms with Crippen molar-refractivity contribution in [1.29, 1.82) is 0 Å². The Balaban J connectivity index is 1.72. The van der Waals surface area contributed by atoms with Crippen molar-refractivity contribution in [1.82, 2.24) is 20.7 Å². The Morgan fingerprint density at radius 1 is 1.38 bits per heavy atom. The molecule has 1 aliphatic rings. The highest BCUT2D eigenvalue weighted by molar-refractivity contribution is 5.79. The van der Waals surface area contributed by atoms with Gasteiger partial charge in [-0.15, -0.1) is 0 Å². The van der Waals surface area contributed by atoms with Gasteiger partial charge in [0.15, 0.2) is 11.7 Å². The normalized spacial score (nSPS) is 19.5. The molecular formula is C18H33N5O. The van der Waals surface area contributed by atoms with Crippen LogP contribution < -0.4 is 10.6 Å². The molecule has 1 unspecified atom stereocenters. The average molecular weight is 335 g/mol. The highest BCUT2D eigenvalue weighted by atomic mass is 16.5. The summed E-state index contributed by atoms with van der Waals surface area (Å²) in [6, 6.07) is 2.71. The zero-order valence-electron chi connectivity index (χ0n) is 15.5. The molecule has 6 nitrogen and oxygen atoms in total. The molecule has 136 valence electrons. The number of rotatable bonds is 8. The van der Waals surface area contributed by atoms with Crippen LogP contribution in [-0.2, 0) is 13.0 Å². The average Bonchev–Trinajstić information content (AvgIpc) is 3.06. The summed E-state index contributed by atoms with van der Waals surface area (Å²) in [7, 11) is 0. The Morgan fingerprint density at radius 2 is 2.25 bits per heavy atom. The summed E-state index contributed by atoms with van der Waals surface area (Å²) in [5.74, 6) is 1.66. The summed E-state index contributed by atoms with van der Waals surface area (Å²) in [4.78, 5) is 7.18. The van der Waals surface area contributed by atoms with Gasteiger partial charge in [0.2, 0.25) is 0 Å². The van der Waals surface area contributed by atoms with Gasteiger partial charge >= 0.3 is 0 Å². The monoisotopic (exact) mass is 335 g/mol. The second kappa shape index (κ2) is 10.3. The van der Waals surface area contributed by atoms with E-state index in [2.05, 4.69) is 46.5 Å². The van der Waals surface area contributed by atoms with E-state index in [-0.39, 0.29) is 0 Å². The lowest BCUT2D eigenvalue weighted by Gasteiger charge is -2.33. The van der Waals surface area contributed by atoms with Crippen LogP contribution in [0.25, 0.3) is 0 Å². The van der Waals surface area contributed by atoms with Crippen LogP contribution in [0.2, 0.25) is 0 Å². The fourth-order valence-electron chi connectivity index (χ4n) is 3.07. The van der Waals surface area contributed by atoms with Crippen LogP contribution in [0.1, 0.15) is 57.9 Å². The Labute approximate surface area is 146 Å². The predicted molar refractivity (Wildman–Crippen MR) is 98.2 cm³/mol. The minimum atomic E-state index is 0.519. The van der Waals surface area contributed by atoms with Gasteiger partial charge < -0.3 is 20.1 Å². The van der Waals surface area contributed by atoms with Gasteiger partial charge in [-0.2, -0.15) is 0 Å². The number of guanidine groups is 1. The summed E-state index contributed by atoms with van der Waals surface area (Å²) >= 11 is 0. The maximum absolute atomic E-state index is 5.28. The molecule has 1 fully saturated rings. The van der Waals surface area contributed by atoms with Gasteiger partial charge in [-0.3, -0.25) is 0 Å². The van der Waals surface area contributed by atoms with Crippen molar-refractivity contribution in [3.63, 3.8) is 0 Å². The minimum Gasteiger partial charge on any atom is -0.359 e. The number of aromatic nitrogens is 1. The Morgan fingerprint density at radius 3 is 2.96 bits per heavy atom. The predicted octanol–water partition coefficient (Wildman–Crippen LogP) is 2.56. The molecule has 6 heteroatoms.